The molecule has 2 aliphatic rings. The Labute approximate surface area is 224 Å². The summed E-state index contributed by atoms with van der Waals surface area (Å²) in [6.07, 6.45) is 7.19. The summed E-state index contributed by atoms with van der Waals surface area (Å²) in [7, 11) is 0. The van der Waals surface area contributed by atoms with Crippen molar-refractivity contribution in [3.05, 3.63) is 70.6 Å². The van der Waals surface area contributed by atoms with Crippen LogP contribution in [0.1, 0.15) is 55.5 Å². The summed E-state index contributed by atoms with van der Waals surface area (Å²) in [6, 6.07) is 16.2. The van der Waals surface area contributed by atoms with Gasteiger partial charge in [-0.25, -0.2) is 0 Å². The summed E-state index contributed by atoms with van der Waals surface area (Å²) in [4.78, 5) is 22.2. The van der Waals surface area contributed by atoms with Gasteiger partial charge in [-0.3, -0.25) is 14.6 Å². The number of benzene rings is 2. The Morgan fingerprint density at radius 3 is 2.43 bits per heavy atom. The predicted molar refractivity (Wildman–Crippen MR) is 145 cm³/mol. The number of carbonyl (C=O) groups excluding carboxylic acids is 1. The van der Waals surface area contributed by atoms with E-state index in [1.807, 2.05) is 24.3 Å². The number of nitrogens with one attached hydrogen (secondary N) is 1. The van der Waals surface area contributed by atoms with Gasteiger partial charge < -0.3 is 9.84 Å². The molecule has 7 nitrogen and oxygen atoms in total. The number of hydrogen-bond acceptors (Lipinski definition) is 6. The van der Waals surface area contributed by atoms with E-state index in [0.717, 1.165) is 37.1 Å². The number of aromatic nitrogens is 2. The van der Waals surface area contributed by atoms with Crippen molar-refractivity contribution in [1.29, 1.82) is 0 Å². The molecule has 0 spiro atoms. The Kier molecular flexibility index (Phi) is 8.87. The molecule has 0 bridgehead atoms. The number of hydrogen-bond donors (Lipinski definition) is 1. The first kappa shape index (κ1) is 25.9. The Morgan fingerprint density at radius 1 is 0.919 bits per heavy atom. The van der Waals surface area contributed by atoms with Crippen molar-refractivity contribution >= 4 is 17.5 Å². The van der Waals surface area contributed by atoms with Gasteiger partial charge in [0.1, 0.15) is 0 Å². The summed E-state index contributed by atoms with van der Waals surface area (Å²) < 4.78 is 5.48. The zero-order valence-electron chi connectivity index (χ0n) is 21.4. The van der Waals surface area contributed by atoms with Crippen molar-refractivity contribution in [2.75, 3.05) is 26.2 Å². The minimum absolute atomic E-state index is 0.0398. The third-order valence-corrected chi connectivity index (χ3v) is 7.74. The highest BCUT2D eigenvalue weighted by atomic mass is 35.5. The van der Waals surface area contributed by atoms with Crippen molar-refractivity contribution in [3.63, 3.8) is 0 Å². The standard InChI is InChI=1S/C29H36ClN5O2/c30-26-10-4-3-9-25(26)28-32-27(37-33-28)21-35-17-7-8-24(20-35)29(36)31-18-22-11-13-23(14-12-22)19-34-15-5-1-2-6-16-34/h3-4,9-14,24H,1-2,5-8,15-21H2,(H,31,36). The van der Waals surface area contributed by atoms with E-state index in [9.17, 15) is 4.79 Å². The largest absolute Gasteiger partial charge is 0.352 e. The van der Waals surface area contributed by atoms with Crippen LogP contribution in [0.3, 0.4) is 0 Å². The Morgan fingerprint density at radius 2 is 1.65 bits per heavy atom. The third-order valence-electron chi connectivity index (χ3n) is 7.41. The maximum atomic E-state index is 12.9. The van der Waals surface area contributed by atoms with Gasteiger partial charge in [0.15, 0.2) is 0 Å². The predicted octanol–water partition coefficient (Wildman–Crippen LogP) is 5.29. The van der Waals surface area contributed by atoms with E-state index in [0.29, 0.717) is 36.4 Å². The van der Waals surface area contributed by atoms with Gasteiger partial charge in [0.2, 0.25) is 17.6 Å². The lowest BCUT2D eigenvalue weighted by molar-refractivity contribution is -0.127. The number of likely N-dealkylation sites (tertiary alicyclic amines) is 2. The Bertz CT molecular complexity index is 1160. The van der Waals surface area contributed by atoms with Gasteiger partial charge in [-0.1, -0.05) is 66.0 Å². The fourth-order valence-corrected chi connectivity index (χ4v) is 5.54. The van der Waals surface area contributed by atoms with Crippen LogP contribution >= 0.6 is 11.6 Å². The molecule has 0 saturated carbocycles. The van der Waals surface area contributed by atoms with Gasteiger partial charge in [0.05, 0.1) is 17.5 Å². The fourth-order valence-electron chi connectivity index (χ4n) is 5.32. The third kappa shape index (κ3) is 7.18. The zero-order valence-corrected chi connectivity index (χ0v) is 22.1. The molecule has 37 heavy (non-hydrogen) atoms. The van der Waals surface area contributed by atoms with Gasteiger partial charge in [0, 0.05) is 25.2 Å². The lowest BCUT2D eigenvalue weighted by Crippen LogP contribution is -2.42. The second-order valence-electron chi connectivity index (χ2n) is 10.3. The van der Waals surface area contributed by atoms with Gasteiger partial charge in [-0.15, -0.1) is 0 Å². The molecule has 3 aromatic rings. The number of rotatable bonds is 8. The maximum absolute atomic E-state index is 12.9. The summed E-state index contributed by atoms with van der Waals surface area (Å²) in [5.74, 6) is 1.10. The number of nitrogens with zero attached hydrogens (tertiary/aromatic N) is 4. The molecule has 0 radical (unpaired) electrons. The number of amides is 1. The average Bonchev–Trinajstić information content (AvgIpc) is 3.22. The molecule has 1 N–H and O–H groups in total. The molecule has 2 aromatic carbocycles. The molecule has 2 aliphatic heterocycles. The normalized spacial score (nSPS) is 19.4. The van der Waals surface area contributed by atoms with E-state index >= 15 is 0 Å². The summed E-state index contributed by atoms with van der Waals surface area (Å²) in [5, 5.41) is 7.84. The molecule has 1 aromatic heterocycles. The van der Waals surface area contributed by atoms with Gasteiger partial charge in [0.25, 0.3) is 0 Å². The van der Waals surface area contributed by atoms with Crippen molar-refractivity contribution in [1.82, 2.24) is 25.3 Å². The lowest BCUT2D eigenvalue weighted by atomic mass is 9.97. The van der Waals surface area contributed by atoms with Gasteiger partial charge >= 0.3 is 0 Å². The summed E-state index contributed by atoms with van der Waals surface area (Å²) >= 11 is 6.26. The average molecular weight is 522 g/mol. The number of halogens is 1. The lowest BCUT2D eigenvalue weighted by Gasteiger charge is -2.30. The molecule has 196 valence electrons. The van der Waals surface area contributed by atoms with E-state index in [1.165, 1.54) is 44.3 Å². The van der Waals surface area contributed by atoms with Crippen LogP contribution in [0.5, 0.6) is 0 Å². The smallest absolute Gasteiger partial charge is 0.241 e. The second-order valence-corrected chi connectivity index (χ2v) is 10.7. The molecule has 0 aliphatic carbocycles. The molecule has 2 saturated heterocycles. The Balaban J connectivity index is 1.09. The molecule has 3 heterocycles. The fraction of sp³-hybridized carbons (Fsp3) is 0.483. The molecular formula is C29H36ClN5O2. The maximum Gasteiger partial charge on any atom is 0.241 e. The van der Waals surface area contributed by atoms with Crippen LogP contribution in [0.15, 0.2) is 53.1 Å². The molecule has 5 rings (SSSR count). The SMILES string of the molecule is O=C(NCc1ccc(CN2CCCCCC2)cc1)C1CCCN(Cc2nc(-c3ccccc3Cl)no2)C1. The first-order valence-corrected chi connectivity index (χ1v) is 13.9. The van der Waals surface area contributed by atoms with Crippen molar-refractivity contribution in [2.45, 2.75) is 58.2 Å². The highest BCUT2D eigenvalue weighted by molar-refractivity contribution is 6.33. The zero-order chi connectivity index (χ0) is 25.5. The number of piperidine rings is 1. The van der Waals surface area contributed by atoms with Crippen LogP contribution in [0.4, 0.5) is 0 Å². The second kappa shape index (κ2) is 12.7. The summed E-state index contributed by atoms with van der Waals surface area (Å²) in [6.45, 7) is 6.10. The quantitative estimate of drug-likeness (QED) is 0.434. The highest BCUT2D eigenvalue weighted by Gasteiger charge is 2.27. The van der Waals surface area contributed by atoms with Crippen molar-refractivity contribution in [2.24, 2.45) is 5.92 Å². The topological polar surface area (TPSA) is 74.5 Å². The first-order valence-electron chi connectivity index (χ1n) is 13.5. The van der Waals surface area contributed by atoms with E-state index in [1.54, 1.807) is 0 Å². The first-order chi connectivity index (χ1) is 18.1. The summed E-state index contributed by atoms with van der Waals surface area (Å²) in [5.41, 5.74) is 3.24. The van der Waals surface area contributed by atoms with Crippen LogP contribution in [-0.2, 0) is 24.4 Å². The minimum Gasteiger partial charge on any atom is -0.352 e. The van der Waals surface area contributed by atoms with Gasteiger partial charge in [-0.2, -0.15) is 4.98 Å². The monoisotopic (exact) mass is 521 g/mol. The molecule has 1 unspecified atom stereocenters. The van der Waals surface area contributed by atoms with Crippen molar-refractivity contribution < 1.29 is 9.32 Å². The van der Waals surface area contributed by atoms with Crippen LogP contribution < -0.4 is 5.32 Å². The van der Waals surface area contributed by atoms with Crippen LogP contribution in [0, 0.1) is 5.92 Å². The van der Waals surface area contributed by atoms with Gasteiger partial charge in [-0.05, 0) is 68.6 Å². The molecular weight excluding hydrogens is 486 g/mol. The highest BCUT2D eigenvalue weighted by Crippen LogP contribution is 2.26. The van der Waals surface area contributed by atoms with E-state index in [-0.39, 0.29) is 11.8 Å². The van der Waals surface area contributed by atoms with E-state index in [2.05, 4.69) is 49.5 Å². The van der Waals surface area contributed by atoms with Crippen LogP contribution in [-0.4, -0.2) is 52.0 Å². The minimum atomic E-state index is -0.0398. The Hall–Kier alpha value is -2.74. The van der Waals surface area contributed by atoms with Crippen molar-refractivity contribution in [3.8, 4) is 11.4 Å². The molecule has 2 fully saturated rings. The number of carbonyl (C=O) groups is 1. The molecule has 1 atom stereocenters. The van der Waals surface area contributed by atoms with E-state index in [4.69, 9.17) is 16.1 Å². The molecule has 1 amide bonds. The van der Waals surface area contributed by atoms with E-state index < -0.39 is 0 Å². The van der Waals surface area contributed by atoms with Crippen LogP contribution in [0.25, 0.3) is 11.4 Å². The van der Waals surface area contributed by atoms with Crippen LogP contribution in [0.2, 0.25) is 5.02 Å². The molecule has 8 heteroatoms.